The van der Waals surface area contributed by atoms with Crippen molar-refractivity contribution in [3.8, 4) is 0 Å². The Bertz CT molecular complexity index is 1170. The molecule has 2 aromatic carbocycles. The fraction of sp³-hybridized carbons (Fsp3) is 0.659. The Hall–Kier alpha value is -0.956. The van der Waals surface area contributed by atoms with Crippen molar-refractivity contribution in [3.63, 3.8) is 0 Å². The van der Waals surface area contributed by atoms with Crippen molar-refractivity contribution in [3.05, 3.63) is 57.6 Å². The van der Waals surface area contributed by atoms with Crippen LogP contribution in [0, 0.1) is 0 Å². The van der Waals surface area contributed by atoms with Crippen LogP contribution in [0.25, 0.3) is 0 Å². The summed E-state index contributed by atoms with van der Waals surface area (Å²) < 4.78 is 0. The van der Waals surface area contributed by atoms with Gasteiger partial charge in [-0.3, -0.25) is 9.98 Å². The fourth-order valence-corrected chi connectivity index (χ4v) is 6.56. The van der Waals surface area contributed by atoms with Gasteiger partial charge >= 0.3 is 36.2 Å². The van der Waals surface area contributed by atoms with Crippen LogP contribution in [0.2, 0.25) is 0 Å². The number of rotatable bonds is 22. The van der Waals surface area contributed by atoms with Gasteiger partial charge in [0, 0.05) is 0 Å². The summed E-state index contributed by atoms with van der Waals surface area (Å²) in [5.41, 5.74) is 13.6. The van der Waals surface area contributed by atoms with E-state index in [1.165, 1.54) is 119 Å². The zero-order valence-corrected chi connectivity index (χ0v) is 34.0. The first kappa shape index (κ1) is 43.1. The van der Waals surface area contributed by atoms with Crippen LogP contribution in [0.15, 0.2) is 34.3 Å². The quantitative estimate of drug-likeness (QED) is 0.0649. The first-order valence-electron chi connectivity index (χ1n) is 18.6. The molecule has 0 heterocycles. The number of halogens is 2. The summed E-state index contributed by atoms with van der Waals surface area (Å²) >= 11 is 3.76. The molecule has 0 N–H and O–H groups in total. The third kappa shape index (κ3) is 16.0. The summed E-state index contributed by atoms with van der Waals surface area (Å²) in [7, 11) is 4.85. The fourth-order valence-electron chi connectivity index (χ4n) is 6.56. The third-order valence-electron chi connectivity index (χ3n) is 9.15. The molecule has 0 spiro atoms. The van der Waals surface area contributed by atoms with Gasteiger partial charge < -0.3 is 0 Å². The molecule has 2 nitrogen and oxygen atoms in total. The van der Waals surface area contributed by atoms with Gasteiger partial charge in [-0.15, -0.1) is 0 Å². The molecule has 0 aliphatic carbocycles. The molecular weight excluding hydrogens is 695 g/mol. The molecule has 46 heavy (non-hydrogen) atoms. The topological polar surface area (TPSA) is 24.7 Å². The molecule has 0 aliphatic heterocycles. The molecule has 0 aliphatic rings. The second kappa shape index (κ2) is 26.9. The Kier molecular flexibility index (Phi) is 25.2. The van der Waals surface area contributed by atoms with E-state index in [-0.39, 0.29) is 0 Å². The summed E-state index contributed by atoms with van der Waals surface area (Å²) in [6.45, 7) is 18.2. The van der Waals surface area contributed by atoms with Gasteiger partial charge in [-0.05, 0) is 129 Å². The Balaban J connectivity index is 0.00000338. The van der Waals surface area contributed by atoms with Crippen molar-refractivity contribution in [1.82, 2.24) is 0 Å². The van der Waals surface area contributed by atoms with E-state index in [2.05, 4.69) is 93.9 Å². The van der Waals surface area contributed by atoms with Crippen LogP contribution in [0.1, 0.15) is 172 Å². The number of aliphatic imine (C=N–C) groups is 2. The van der Waals surface area contributed by atoms with E-state index in [0.717, 1.165) is 60.3 Å². The molecule has 0 bridgehead atoms. The molecule has 2 rings (SSSR count). The molecular formula is C41H66BrClN2Ni. The molecule has 0 radical (unpaired) electrons. The van der Waals surface area contributed by atoms with E-state index in [1.54, 1.807) is 11.1 Å². The van der Waals surface area contributed by atoms with E-state index in [4.69, 9.17) is 20.2 Å². The van der Waals surface area contributed by atoms with Crippen LogP contribution in [-0.4, -0.2) is 11.4 Å². The Morgan fingerprint density at radius 2 is 1.00 bits per heavy atom. The third-order valence-corrected chi connectivity index (χ3v) is 9.15. The second-order valence-electron chi connectivity index (χ2n) is 12.6. The van der Waals surface area contributed by atoms with E-state index >= 15 is 0 Å². The minimum absolute atomic E-state index is 0.887. The second-order valence-corrected chi connectivity index (χ2v) is 15.5. The summed E-state index contributed by atoms with van der Waals surface area (Å²) in [5, 5.41) is 0. The van der Waals surface area contributed by atoms with Crippen molar-refractivity contribution >= 4 is 47.2 Å². The van der Waals surface area contributed by atoms with Gasteiger partial charge in [0.05, 0.1) is 22.8 Å². The molecule has 5 heteroatoms. The maximum absolute atomic E-state index is 5.27. The average molecular weight is 761 g/mol. The van der Waals surface area contributed by atoms with Crippen LogP contribution in [0.5, 0.6) is 0 Å². The standard InChI is InChI=1S/C41H66N2.BrH.ClH.Ni/c1-9-16-19-21-22-24-25-35-30-38(28-33(12-4)39(35)14-6)43-41(15-7)32(8)42-37-29-34(13-5)40(27-18-11-3)36(31-37)26-23-20-17-10-2;;;/h28-31H,9-27H2,1-8H3;2*1H;/q;;;+2/p-2. The van der Waals surface area contributed by atoms with Gasteiger partial charge in [-0.2, -0.15) is 0 Å². The van der Waals surface area contributed by atoms with E-state index < -0.39 is 0 Å². The van der Waals surface area contributed by atoms with Crippen LogP contribution >= 0.6 is 24.4 Å². The van der Waals surface area contributed by atoms with Gasteiger partial charge in [0.2, 0.25) is 0 Å². The molecule has 264 valence electrons. The maximum atomic E-state index is 5.27. The van der Waals surface area contributed by atoms with Gasteiger partial charge in [-0.1, -0.05) is 106 Å². The van der Waals surface area contributed by atoms with E-state index in [0.29, 0.717) is 0 Å². The Labute approximate surface area is 302 Å². The predicted octanol–water partition coefficient (Wildman–Crippen LogP) is 14.5. The number of hydrogen-bond acceptors (Lipinski definition) is 2. The summed E-state index contributed by atoms with van der Waals surface area (Å²) in [5.74, 6) is 0. The van der Waals surface area contributed by atoms with Crippen molar-refractivity contribution in [2.24, 2.45) is 9.98 Å². The normalized spacial score (nSPS) is 12.0. The van der Waals surface area contributed by atoms with E-state index in [9.17, 15) is 0 Å². The van der Waals surface area contributed by atoms with Crippen LogP contribution in [-0.2, 0) is 50.3 Å². The molecule has 0 unspecified atom stereocenters. The predicted molar refractivity (Wildman–Crippen MR) is 209 cm³/mol. The van der Waals surface area contributed by atoms with Gasteiger partial charge in [-0.25, -0.2) is 0 Å². The van der Waals surface area contributed by atoms with Crippen molar-refractivity contribution in [2.45, 2.75) is 177 Å². The minimum atomic E-state index is 0.887. The zero-order chi connectivity index (χ0) is 34.2. The average Bonchev–Trinajstić information content (AvgIpc) is 3.06. The number of benzene rings is 2. The van der Waals surface area contributed by atoms with Crippen molar-refractivity contribution in [1.29, 1.82) is 0 Å². The molecule has 0 aromatic heterocycles. The molecule has 0 atom stereocenters. The summed E-state index contributed by atoms with van der Waals surface area (Å²) in [6, 6.07) is 9.50. The van der Waals surface area contributed by atoms with Crippen LogP contribution in [0.3, 0.4) is 0 Å². The Morgan fingerprint density at radius 1 is 0.565 bits per heavy atom. The number of unbranched alkanes of at least 4 members (excludes halogenated alkanes) is 9. The Morgan fingerprint density at radius 3 is 1.50 bits per heavy atom. The van der Waals surface area contributed by atoms with Crippen molar-refractivity contribution < 1.29 is 11.8 Å². The zero-order valence-electron chi connectivity index (χ0n) is 30.7. The molecule has 0 saturated heterocycles. The molecule has 2 aromatic rings. The number of hydrogen-bond donors (Lipinski definition) is 0. The van der Waals surface area contributed by atoms with Crippen LogP contribution in [0.4, 0.5) is 11.4 Å². The van der Waals surface area contributed by atoms with Crippen LogP contribution < -0.4 is 0 Å². The SMILES string of the molecule is CCCCCCCCc1cc(N=C(CC)C(C)=Nc2cc(CC)c(CCCC)c(CCCCCC)c2)cc(CC)c1CC.[Cl][Ni][Br]. The summed E-state index contributed by atoms with van der Waals surface area (Å²) in [6.07, 6.45) is 23.4. The first-order valence-corrected chi connectivity index (χ1v) is 22.4. The van der Waals surface area contributed by atoms with Gasteiger partial charge in [0.1, 0.15) is 0 Å². The van der Waals surface area contributed by atoms with E-state index in [1.807, 2.05) is 0 Å². The van der Waals surface area contributed by atoms with Gasteiger partial charge in [0.25, 0.3) is 0 Å². The molecule has 0 fully saturated rings. The first-order chi connectivity index (χ1) is 22.4. The number of nitrogens with zero attached hydrogens (tertiary/aromatic N) is 2. The van der Waals surface area contributed by atoms with Gasteiger partial charge in [0.15, 0.2) is 0 Å². The molecule has 0 amide bonds. The molecule has 0 saturated carbocycles. The summed E-state index contributed by atoms with van der Waals surface area (Å²) in [4.78, 5) is 10.5. The monoisotopic (exact) mass is 758 g/mol. The number of aryl methyl sites for hydroxylation is 4. The van der Waals surface area contributed by atoms with Crippen molar-refractivity contribution in [2.75, 3.05) is 0 Å².